The number of nitrogens with zero attached hydrogens (tertiary/aromatic N) is 2. The van der Waals surface area contributed by atoms with E-state index < -0.39 is 0 Å². The van der Waals surface area contributed by atoms with E-state index in [0.717, 1.165) is 76.4 Å². The lowest BCUT2D eigenvalue weighted by Gasteiger charge is -2.11. The Labute approximate surface area is 215 Å². The van der Waals surface area contributed by atoms with E-state index in [1.54, 1.807) is 19.2 Å². The van der Waals surface area contributed by atoms with Crippen LogP contribution in [-0.4, -0.2) is 22.0 Å². The quantitative estimate of drug-likeness (QED) is 0.283. The van der Waals surface area contributed by atoms with Gasteiger partial charge in [-0.2, -0.15) is 0 Å². The molecular formula is C31H28FN3O2. The van der Waals surface area contributed by atoms with Crippen LogP contribution < -0.4 is 10.1 Å². The van der Waals surface area contributed by atoms with E-state index in [1.807, 2.05) is 47.7 Å². The molecule has 1 N–H and O–H groups in total. The smallest absolute Gasteiger partial charge is 0.273 e. The Kier molecular flexibility index (Phi) is 5.80. The molecule has 0 saturated carbocycles. The van der Waals surface area contributed by atoms with Gasteiger partial charge in [-0.25, -0.2) is 4.39 Å². The molecule has 5 nitrogen and oxygen atoms in total. The number of carbonyl (C=O) groups excluding carboxylic acids is 1. The van der Waals surface area contributed by atoms with Crippen molar-refractivity contribution in [1.29, 1.82) is 0 Å². The molecule has 5 aromatic rings. The largest absolute Gasteiger partial charge is 0.497 e. The van der Waals surface area contributed by atoms with Crippen LogP contribution in [0.2, 0.25) is 0 Å². The molecule has 1 aliphatic heterocycles. The Morgan fingerprint density at radius 1 is 0.973 bits per heavy atom. The van der Waals surface area contributed by atoms with E-state index in [9.17, 15) is 9.18 Å². The highest BCUT2D eigenvalue weighted by Gasteiger charge is 2.29. The minimum atomic E-state index is -0.296. The van der Waals surface area contributed by atoms with E-state index in [4.69, 9.17) is 4.74 Å². The lowest BCUT2D eigenvalue weighted by molar-refractivity contribution is 0.102. The number of benzene rings is 3. The van der Waals surface area contributed by atoms with Crippen LogP contribution >= 0.6 is 0 Å². The van der Waals surface area contributed by atoms with E-state index >= 15 is 0 Å². The highest BCUT2D eigenvalue weighted by Crippen LogP contribution is 2.40. The van der Waals surface area contributed by atoms with Gasteiger partial charge in [-0.15, -0.1) is 0 Å². The van der Waals surface area contributed by atoms with Crippen molar-refractivity contribution < 1.29 is 13.9 Å². The molecule has 1 amide bonds. The van der Waals surface area contributed by atoms with Crippen LogP contribution in [0.1, 0.15) is 34.5 Å². The van der Waals surface area contributed by atoms with Gasteiger partial charge in [0.15, 0.2) is 0 Å². The molecule has 3 aromatic carbocycles. The monoisotopic (exact) mass is 493 g/mol. The summed E-state index contributed by atoms with van der Waals surface area (Å²) in [6.07, 6.45) is 4.95. The summed E-state index contributed by atoms with van der Waals surface area (Å²) in [6.45, 7) is 2.86. The molecule has 0 radical (unpaired) electrons. The van der Waals surface area contributed by atoms with Crippen molar-refractivity contribution in [2.24, 2.45) is 0 Å². The zero-order valence-corrected chi connectivity index (χ0v) is 20.9. The second-order valence-electron chi connectivity index (χ2n) is 9.58. The van der Waals surface area contributed by atoms with E-state index in [0.29, 0.717) is 5.69 Å². The summed E-state index contributed by atoms with van der Waals surface area (Å²) in [7, 11) is 1.66. The molecule has 6 rings (SSSR count). The number of imidazole rings is 1. The van der Waals surface area contributed by atoms with Crippen LogP contribution in [0.5, 0.6) is 5.75 Å². The third kappa shape index (κ3) is 4.08. The summed E-state index contributed by atoms with van der Waals surface area (Å²) in [4.78, 5) is 13.9. The summed E-state index contributed by atoms with van der Waals surface area (Å²) in [5, 5.41) is 3.11. The first-order valence-corrected chi connectivity index (χ1v) is 12.6. The number of hydrogen-bond donors (Lipinski definition) is 1. The van der Waals surface area contributed by atoms with Crippen molar-refractivity contribution in [2.45, 2.75) is 32.7 Å². The third-order valence-corrected chi connectivity index (χ3v) is 7.14. The average molecular weight is 494 g/mol. The molecule has 37 heavy (non-hydrogen) atoms. The van der Waals surface area contributed by atoms with E-state index in [2.05, 4.69) is 28.2 Å². The number of methoxy groups -OCH3 is 1. The first-order chi connectivity index (χ1) is 18.0. The van der Waals surface area contributed by atoms with Gasteiger partial charge in [-0.3, -0.25) is 9.20 Å². The van der Waals surface area contributed by atoms with Crippen LogP contribution in [0.4, 0.5) is 10.1 Å². The van der Waals surface area contributed by atoms with Crippen molar-refractivity contribution in [1.82, 2.24) is 8.97 Å². The number of carbonyl (C=O) groups is 1. The predicted octanol–water partition coefficient (Wildman–Crippen LogP) is 7.12. The summed E-state index contributed by atoms with van der Waals surface area (Å²) < 4.78 is 23.6. The lowest BCUT2D eigenvalue weighted by atomic mass is 9.97. The van der Waals surface area contributed by atoms with Crippen LogP contribution in [0.15, 0.2) is 79.0 Å². The molecule has 0 unspecified atom stereocenters. The number of halogens is 1. The molecule has 0 aliphatic carbocycles. The molecule has 0 spiro atoms. The summed E-state index contributed by atoms with van der Waals surface area (Å²) in [5.41, 5.74) is 8.35. The minimum absolute atomic E-state index is 0.190. The maximum atomic E-state index is 13.9. The number of ether oxygens (including phenoxy) is 1. The summed E-state index contributed by atoms with van der Waals surface area (Å²) in [5.74, 6) is 0.316. The normalized spacial score (nSPS) is 12.9. The number of aromatic nitrogens is 2. The number of rotatable bonds is 5. The van der Waals surface area contributed by atoms with Crippen molar-refractivity contribution in [3.63, 3.8) is 0 Å². The first-order valence-electron chi connectivity index (χ1n) is 12.6. The number of amides is 1. The van der Waals surface area contributed by atoms with Gasteiger partial charge in [0.1, 0.15) is 22.9 Å². The second-order valence-corrected chi connectivity index (χ2v) is 9.58. The van der Waals surface area contributed by atoms with Gasteiger partial charge < -0.3 is 14.6 Å². The number of nitrogens with one attached hydrogen (secondary N) is 1. The predicted molar refractivity (Wildman–Crippen MR) is 145 cm³/mol. The van der Waals surface area contributed by atoms with Gasteiger partial charge in [-0.1, -0.05) is 24.3 Å². The molecule has 0 fully saturated rings. The molecule has 1 aliphatic rings. The Morgan fingerprint density at radius 2 is 1.73 bits per heavy atom. The Balaban J connectivity index is 1.59. The maximum Gasteiger partial charge on any atom is 0.273 e. The van der Waals surface area contributed by atoms with Gasteiger partial charge in [-0.05, 0) is 91.4 Å². The minimum Gasteiger partial charge on any atom is -0.497 e. The zero-order valence-electron chi connectivity index (χ0n) is 20.9. The SMILES string of the molecule is COc1ccc(-c2cn3c(C(=O)Nc4cccc(C)c4)c(-c4ccc(F)cc4)c4c3n2CCCC4)cc1. The highest BCUT2D eigenvalue weighted by atomic mass is 19.1. The fourth-order valence-corrected chi connectivity index (χ4v) is 5.44. The molecule has 186 valence electrons. The average Bonchev–Trinajstić information content (AvgIpc) is 3.32. The van der Waals surface area contributed by atoms with Gasteiger partial charge in [0.05, 0.1) is 12.8 Å². The summed E-state index contributed by atoms with van der Waals surface area (Å²) in [6, 6.07) is 22.2. The molecule has 3 heterocycles. The van der Waals surface area contributed by atoms with Gasteiger partial charge in [0.25, 0.3) is 5.91 Å². The van der Waals surface area contributed by atoms with Gasteiger partial charge in [0, 0.05) is 29.6 Å². The number of hydrogen-bond acceptors (Lipinski definition) is 2. The van der Waals surface area contributed by atoms with Gasteiger partial charge >= 0.3 is 0 Å². The van der Waals surface area contributed by atoms with Crippen LogP contribution in [0.25, 0.3) is 28.0 Å². The molecule has 2 aromatic heterocycles. The summed E-state index contributed by atoms with van der Waals surface area (Å²) >= 11 is 0. The second kappa shape index (κ2) is 9.28. The van der Waals surface area contributed by atoms with Crippen molar-refractivity contribution in [3.8, 4) is 28.1 Å². The molecule has 0 bridgehead atoms. The van der Waals surface area contributed by atoms with Crippen molar-refractivity contribution >= 4 is 17.2 Å². The zero-order chi connectivity index (χ0) is 25.5. The van der Waals surface area contributed by atoms with E-state index in [-0.39, 0.29) is 11.7 Å². The Hall–Kier alpha value is -4.32. The third-order valence-electron chi connectivity index (χ3n) is 7.14. The fraction of sp³-hybridized carbons (Fsp3) is 0.194. The van der Waals surface area contributed by atoms with Crippen LogP contribution in [0, 0.1) is 12.7 Å². The molecule has 6 heteroatoms. The fourth-order valence-electron chi connectivity index (χ4n) is 5.44. The Morgan fingerprint density at radius 3 is 2.46 bits per heavy atom. The number of aryl methyl sites for hydroxylation is 3. The lowest BCUT2D eigenvalue weighted by Crippen LogP contribution is -2.15. The van der Waals surface area contributed by atoms with E-state index in [1.165, 1.54) is 12.1 Å². The van der Waals surface area contributed by atoms with Crippen LogP contribution in [0.3, 0.4) is 0 Å². The van der Waals surface area contributed by atoms with Crippen molar-refractivity contribution in [2.75, 3.05) is 12.4 Å². The van der Waals surface area contributed by atoms with Crippen molar-refractivity contribution in [3.05, 3.63) is 102 Å². The van der Waals surface area contributed by atoms with Crippen LogP contribution in [-0.2, 0) is 13.0 Å². The first kappa shape index (κ1) is 23.1. The molecular weight excluding hydrogens is 465 g/mol. The maximum absolute atomic E-state index is 13.9. The topological polar surface area (TPSA) is 47.7 Å². The number of anilines is 1. The molecule has 0 atom stereocenters. The highest BCUT2D eigenvalue weighted by molar-refractivity contribution is 6.10. The Bertz CT molecular complexity index is 1610. The molecule has 0 saturated heterocycles. The standard InChI is InChI=1S/C31H28FN3O2/c1-20-6-5-7-24(18-20)33-30(36)29-28(22-9-13-23(32)14-10-22)26-8-3-4-17-34-27(19-35(29)31(26)34)21-11-15-25(37-2)16-12-21/h5-7,9-16,18-19H,3-4,8,17H2,1-2H3,(H,33,36). The van der Waals surface area contributed by atoms with Gasteiger partial charge in [0.2, 0.25) is 0 Å².